The summed E-state index contributed by atoms with van der Waals surface area (Å²) in [6.07, 6.45) is 4.96. The molecule has 1 atom stereocenters. The Kier molecular flexibility index (Phi) is 9.91. The Morgan fingerprint density at radius 1 is 0.912 bits per heavy atom. The summed E-state index contributed by atoms with van der Waals surface area (Å²) in [5, 5.41) is 4.41. The van der Waals surface area contributed by atoms with Crippen molar-refractivity contribution in [2.75, 3.05) is 33.0 Å². The van der Waals surface area contributed by atoms with Crippen LogP contribution in [-0.4, -0.2) is 87.0 Å². The van der Waals surface area contributed by atoms with E-state index < -0.39 is 11.9 Å². The standard InChI is InChI=1S/C44H44N6O7/c1-27(51)48-17-18-49-38(26-48)41(47-42(49)29-15-21-55-22-16-29)32-6-2-5-30-23-36(45-24-34(30)32)28-9-11-31(12-10-28)56-19-4-20-57-39-8-3-7-33-35(39)25-50(44(33)54)37-13-14-40(52)46-43(37)53/h2-3,5-12,23-24,29,37H,4,13-22,25-26H2,1H3,(H,46,52,53). The van der Waals surface area contributed by atoms with Crippen LogP contribution in [0.2, 0.25) is 0 Å². The normalized spacial score (nSPS) is 18.4. The molecule has 3 aromatic carbocycles. The van der Waals surface area contributed by atoms with E-state index in [-0.39, 0.29) is 30.7 Å². The van der Waals surface area contributed by atoms with Crippen molar-refractivity contribution in [1.29, 1.82) is 0 Å². The molecule has 2 aromatic heterocycles. The van der Waals surface area contributed by atoms with Gasteiger partial charge in [0.05, 0.1) is 43.4 Å². The minimum absolute atomic E-state index is 0.0731. The fourth-order valence-corrected chi connectivity index (χ4v) is 8.53. The van der Waals surface area contributed by atoms with Gasteiger partial charge in [0.15, 0.2) is 0 Å². The molecule has 4 amide bonds. The van der Waals surface area contributed by atoms with E-state index in [0.29, 0.717) is 56.4 Å². The van der Waals surface area contributed by atoms with E-state index in [9.17, 15) is 19.2 Å². The molecule has 292 valence electrons. The zero-order chi connectivity index (χ0) is 39.0. The van der Waals surface area contributed by atoms with Gasteiger partial charge in [0, 0.05) is 85.8 Å². The number of amides is 4. The highest BCUT2D eigenvalue weighted by Crippen LogP contribution is 2.38. The van der Waals surface area contributed by atoms with Crippen LogP contribution >= 0.6 is 0 Å². The van der Waals surface area contributed by atoms with Crippen molar-refractivity contribution in [3.8, 4) is 34.0 Å². The number of carbonyl (C=O) groups excluding carboxylic acids is 4. The van der Waals surface area contributed by atoms with Crippen LogP contribution in [0.1, 0.15) is 72.4 Å². The number of ether oxygens (including phenoxy) is 3. The van der Waals surface area contributed by atoms with E-state index in [4.69, 9.17) is 24.2 Å². The van der Waals surface area contributed by atoms with Crippen LogP contribution in [0.4, 0.5) is 0 Å². The molecule has 0 aliphatic carbocycles. The van der Waals surface area contributed by atoms with Crippen LogP contribution in [0, 0.1) is 0 Å². The Labute approximate surface area is 329 Å². The van der Waals surface area contributed by atoms with Gasteiger partial charge in [0.2, 0.25) is 17.7 Å². The zero-order valence-corrected chi connectivity index (χ0v) is 31.9. The number of piperidine rings is 1. The molecule has 2 fully saturated rings. The topological polar surface area (TPSA) is 145 Å². The maximum absolute atomic E-state index is 13.1. The van der Waals surface area contributed by atoms with E-state index >= 15 is 0 Å². The van der Waals surface area contributed by atoms with Gasteiger partial charge in [-0.05, 0) is 67.1 Å². The predicted octanol–water partition coefficient (Wildman–Crippen LogP) is 5.63. The van der Waals surface area contributed by atoms with Gasteiger partial charge in [-0.15, -0.1) is 0 Å². The number of rotatable bonds is 10. The Balaban J connectivity index is 0.842. The van der Waals surface area contributed by atoms with Crippen molar-refractivity contribution in [1.82, 2.24) is 29.7 Å². The molecule has 13 nitrogen and oxygen atoms in total. The zero-order valence-electron chi connectivity index (χ0n) is 31.9. The molecule has 0 bridgehead atoms. The second-order valence-electron chi connectivity index (χ2n) is 15.1. The summed E-state index contributed by atoms with van der Waals surface area (Å²) in [6, 6.07) is 20.9. The third-order valence-electron chi connectivity index (χ3n) is 11.6. The summed E-state index contributed by atoms with van der Waals surface area (Å²) in [4.78, 5) is 63.2. The summed E-state index contributed by atoms with van der Waals surface area (Å²) < 4.78 is 20.1. The molecule has 4 aliphatic heterocycles. The lowest BCUT2D eigenvalue weighted by atomic mass is 9.99. The minimum atomic E-state index is -0.670. The summed E-state index contributed by atoms with van der Waals surface area (Å²) >= 11 is 0. The maximum atomic E-state index is 13.1. The number of nitrogens with zero attached hydrogens (tertiary/aromatic N) is 5. The minimum Gasteiger partial charge on any atom is -0.493 e. The molecule has 0 radical (unpaired) electrons. The average molecular weight is 769 g/mol. The molecular formula is C44H44N6O7. The van der Waals surface area contributed by atoms with Gasteiger partial charge in [-0.25, -0.2) is 4.98 Å². The maximum Gasteiger partial charge on any atom is 0.255 e. The average Bonchev–Trinajstić information content (AvgIpc) is 3.78. The van der Waals surface area contributed by atoms with E-state index in [2.05, 4.69) is 34.1 Å². The molecule has 0 spiro atoms. The van der Waals surface area contributed by atoms with Gasteiger partial charge in [-0.1, -0.05) is 24.3 Å². The highest BCUT2D eigenvalue weighted by atomic mass is 16.5. The summed E-state index contributed by atoms with van der Waals surface area (Å²) in [5.41, 5.74) is 6.11. The third-order valence-corrected chi connectivity index (χ3v) is 11.6. The van der Waals surface area contributed by atoms with E-state index in [0.717, 1.165) is 88.7 Å². The number of hydrogen-bond acceptors (Lipinski definition) is 9. The van der Waals surface area contributed by atoms with Gasteiger partial charge < -0.3 is 28.6 Å². The number of benzene rings is 3. The quantitative estimate of drug-likeness (QED) is 0.141. The van der Waals surface area contributed by atoms with E-state index in [1.54, 1.807) is 19.1 Å². The lowest BCUT2D eigenvalue weighted by Crippen LogP contribution is -2.52. The smallest absolute Gasteiger partial charge is 0.255 e. The second-order valence-corrected chi connectivity index (χ2v) is 15.1. The highest BCUT2D eigenvalue weighted by molar-refractivity contribution is 6.05. The number of aromatic nitrogens is 3. The number of pyridine rings is 1. The van der Waals surface area contributed by atoms with Crippen molar-refractivity contribution in [3.05, 3.63) is 95.6 Å². The monoisotopic (exact) mass is 768 g/mol. The van der Waals surface area contributed by atoms with Gasteiger partial charge in [0.1, 0.15) is 23.4 Å². The first-order chi connectivity index (χ1) is 27.8. The summed E-state index contributed by atoms with van der Waals surface area (Å²) in [6.45, 7) is 6.15. The largest absolute Gasteiger partial charge is 0.493 e. The van der Waals surface area contributed by atoms with Gasteiger partial charge in [-0.3, -0.25) is 29.5 Å². The van der Waals surface area contributed by atoms with E-state index in [1.165, 1.54) is 4.90 Å². The molecule has 0 saturated carbocycles. The van der Waals surface area contributed by atoms with Crippen molar-refractivity contribution in [2.24, 2.45) is 0 Å². The number of carbonyl (C=O) groups is 4. The first-order valence-electron chi connectivity index (χ1n) is 19.8. The van der Waals surface area contributed by atoms with Gasteiger partial charge in [0.25, 0.3) is 5.91 Å². The summed E-state index contributed by atoms with van der Waals surface area (Å²) in [7, 11) is 0. The number of imide groups is 1. The number of nitrogens with one attached hydrogen (secondary N) is 1. The molecule has 5 aromatic rings. The lowest BCUT2D eigenvalue weighted by Gasteiger charge is -2.30. The van der Waals surface area contributed by atoms with Crippen molar-refractivity contribution in [3.63, 3.8) is 0 Å². The lowest BCUT2D eigenvalue weighted by molar-refractivity contribution is -0.137. The molecule has 4 aliphatic rings. The van der Waals surface area contributed by atoms with Crippen LogP contribution in [0.3, 0.4) is 0 Å². The molecular weight excluding hydrogens is 725 g/mol. The molecule has 1 N–H and O–H groups in total. The fraction of sp³-hybridized carbons (Fsp3) is 0.364. The van der Waals surface area contributed by atoms with Crippen LogP contribution < -0.4 is 14.8 Å². The van der Waals surface area contributed by atoms with Gasteiger partial charge in [-0.2, -0.15) is 0 Å². The number of fused-ring (bicyclic) bond motifs is 3. The fourth-order valence-electron chi connectivity index (χ4n) is 8.53. The molecule has 1 unspecified atom stereocenters. The van der Waals surface area contributed by atoms with Crippen molar-refractivity contribution in [2.45, 2.75) is 70.6 Å². The SMILES string of the molecule is CC(=O)N1CCn2c(C3CCOCC3)nc(-c3cccc4cc(-c5ccc(OCCCOc6cccc7c6CN(C6CCC(=O)NC6=O)C7=O)cc5)ncc34)c2C1. The van der Waals surface area contributed by atoms with Crippen LogP contribution in [0.25, 0.3) is 33.3 Å². The second kappa shape index (κ2) is 15.5. The third kappa shape index (κ3) is 7.12. The van der Waals surface area contributed by atoms with Crippen LogP contribution in [-0.2, 0) is 38.8 Å². The molecule has 13 heteroatoms. The Morgan fingerprint density at radius 2 is 1.70 bits per heavy atom. The van der Waals surface area contributed by atoms with Crippen molar-refractivity contribution >= 4 is 34.4 Å². The number of imidazole rings is 1. The summed E-state index contributed by atoms with van der Waals surface area (Å²) in [5.74, 6) is 1.88. The molecule has 6 heterocycles. The first kappa shape index (κ1) is 36.6. The highest BCUT2D eigenvalue weighted by Gasteiger charge is 2.40. The van der Waals surface area contributed by atoms with Gasteiger partial charge >= 0.3 is 0 Å². The number of hydrogen-bond donors (Lipinski definition) is 1. The van der Waals surface area contributed by atoms with Crippen LogP contribution in [0.5, 0.6) is 11.5 Å². The molecule has 2 saturated heterocycles. The predicted molar refractivity (Wildman–Crippen MR) is 210 cm³/mol. The Morgan fingerprint density at radius 3 is 2.51 bits per heavy atom. The van der Waals surface area contributed by atoms with Crippen molar-refractivity contribution < 1.29 is 33.4 Å². The van der Waals surface area contributed by atoms with Crippen LogP contribution in [0.15, 0.2) is 72.9 Å². The Bertz CT molecular complexity index is 2380. The molecule has 9 rings (SSSR count). The Hall–Kier alpha value is -6.08. The molecule has 57 heavy (non-hydrogen) atoms. The van der Waals surface area contributed by atoms with E-state index in [1.807, 2.05) is 41.4 Å². The first-order valence-corrected chi connectivity index (χ1v) is 19.8.